The summed E-state index contributed by atoms with van der Waals surface area (Å²) in [6.07, 6.45) is 2.17. The van der Waals surface area contributed by atoms with Gasteiger partial charge in [0.2, 0.25) is 0 Å². The standard InChI is InChI=1S/C12H20BrN3/c1-7(2)5-10-11(13)12-14-8(3)6-9(4)16(12)15-10/h7-9,14H,5-6H2,1-4H3. The fourth-order valence-corrected chi connectivity index (χ4v) is 2.87. The molecule has 2 rings (SSSR count). The number of nitrogens with zero attached hydrogens (tertiary/aromatic N) is 2. The van der Waals surface area contributed by atoms with Crippen LogP contribution in [0, 0.1) is 5.92 Å². The molecule has 16 heavy (non-hydrogen) atoms. The Balaban J connectivity index is 2.35. The third kappa shape index (κ3) is 2.12. The first-order valence-electron chi connectivity index (χ1n) is 6.02. The van der Waals surface area contributed by atoms with Crippen molar-refractivity contribution in [3.05, 3.63) is 10.2 Å². The smallest absolute Gasteiger partial charge is 0.139 e. The molecule has 1 aromatic heterocycles. The lowest BCUT2D eigenvalue weighted by atomic mass is 10.1. The molecule has 0 saturated heterocycles. The average molecular weight is 286 g/mol. The number of halogens is 1. The highest BCUT2D eigenvalue weighted by Crippen LogP contribution is 2.35. The normalized spacial score (nSPS) is 24.4. The summed E-state index contributed by atoms with van der Waals surface area (Å²) in [5.74, 6) is 1.79. The molecular weight excluding hydrogens is 266 g/mol. The zero-order chi connectivity index (χ0) is 11.9. The highest BCUT2D eigenvalue weighted by Gasteiger charge is 2.26. The largest absolute Gasteiger partial charge is 0.367 e. The molecule has 2 heterocycles. The second-order valence-electron chi connectivity index (χ2n) is 5.28. The fraction of sp³-hybridized carbons (Fsp3) is 0.750. The quantitative estimate of drug-likeness (QED) is 0.900. The summed E-state index contributed by atoms with van der Waals surface area (Å²) in [6, 6.07) is 1.02. The number of fused-ring (bicyclic) bond motifs is 1. The highest BCUT2D eigenvalue weighted by atomic mass is 79.9. The SMILES string of the molecule is CC(C)Cc1nn2c(c1Br)NC(C)CC2C. The van der Waals surface area contributed by atoms with Gasteiger partial charge in [-0.15, -0.1) is 0 Å². The van der Waals surface area contributed by atoms with Crippen molar-refractivity contribution < 1.29 is 0 Å². The molecule has 1 N–H and O–H groups in total. The molecule has 0 fully saturated rings. The number of aromatic nitrogens is 2. The van der Waals surface area contributed by atoms with Crippen molar-refractivity contribution in [2.75, 3.05) is 5.32 Å². The topological polar surface area (TPSA) is 29.9 Å². The predicted octanol–water partition coefficient (Wildman–Crippen LogP) is 3.61. The summed E-state index contributed by atoms with van der Waals surface area (Å²) in [5, 5.41) is 8.22. The van der Waals surface area contributed by atoms with E-state index in [0.717, 1.165) is 23.1 Å². The van der Waals surface area contributed by atoms with Crippen molar-refractivity contribution in [2.45, 2.75) is 52.6 Å². The molecule has 0 aliphatic carbocycles. The van der Waals surface area contributed by atoms with Gasteiger partial charge in [0.25, 0.3) is 0 Å². The lowest BCUT2D eigenvalue weighted by molar-refractivity contribution is 0.410. The van der Waals surface area contributed by atoms with E-state index in [-0.39, 0.29) is 0 Å². The van der Waals surface area contributed by atoms with E-state index in [1.165, 1.54) is 5.69 Å². The van der Waals surface area contributed by atoms with Gasteiger partial charge in [-0.2, -0.15) is 5.10 Å². The van der Waals surface area contributed by atoms with Gasteiger partial charge in [0.05, 0.1) is 16.2 Å². The van der Waals surface area contributed by atoms with E-state index in [9.17, 15) is 0 Å². The Hall–Kier alpha value is -0.510. The van der Waals surface area contributed by atoms with E-state index in [0.29, 0.717) is 18.0 Å². The van der Waals surface area contributed by atoms with Crippen LogP contribution in [0.15, 0.2) is 4.47 Å². The van der Waals surface area contributed by atoms with Crippen molar-refractivity contribution in [2.24, 2.45) is 5.92 Å². The number of hydrogen-bond acceptors (Lipinski definition) is 2. The van der Waals surface area contributed by atoms with Crippen LogP contribution in [0.1, 0.15) is 45.9 Å². The second-order valence-corrected chi connectivity index (χ2v) is 6.07. The first-order chi connectivity index (χ1) is 7.49. The van der Waals surface area contributed by atoms with Crippen LogP contribution in [0.4, 0.5) is 5.82 Å². The van der Waals surface area contributed by atoms with Gasteiger partial charge in [-0.05, 0) is 48.5 Å². The van der Waals surface area contributed by atoms with Gasteiger partial charge >= 0.3 is 0 Å². The lowest BCUT2D eigenvalue weighted by Gasteiger charge is -2.28. The van der Waals surface area contributed by atoms with Gasteiger partial charge in [-0.25, -0.2) is 4.68 Å². The van der Waals surface area contributed by atoms with Gasteiger partial charge < -0.3 is 5.32 Å². The van der Waals surface area contributed by atoms with Gasteiger partial charge in [0.15, 0.2) is 0 Å². The number of anilines is 1. The molecule has 2 atom stereocenters. The van der Waals surface area contributed by atoms with Crippen LogP contribution in [0.3, 0.4) is 0 Å². The van der Waals surface area contributed by atoms with Crippen molar-refractivity contribution in [1.82, 2.24) is 9.78 Å². The minimum absolute atomic E-state index is 0.489. The Kier molecular flexibility index (Phi) is 3.29. The minimum Gasteiger partial charge on any atom is -0.367 e. The van der Waals surface area contributed by atoms with Crippen LogP contribution in [-0.2, 0) is 6.42 Å². The van der Waals surface area contributed by atoms with Crippen LogP contribution < -0.4 is 5.32 Å². The number of rotatable bonds is 2. The molecule has 0 bridgehead atoms. The minimum atomic E-state index is 0.489. The fourth-order valence-electron chi connectivity index (χ4n) is 2.33. The van der Waals surface area contributed by atoms with E-state index in [1.54, 1.807) is 0 Å². The molecule has 3 nitrogen and oxygen atoms in total. The molecule has 2 unspecified atom stereocenters. The summed E-state index contributed by atoms with van der Waals surface area (Å²) in [6.45, 7) is 8.91. The highest BCUT2D eigenvalue weighted by molar-refractivity contribution is 9.10. The molecule has 90 valence electrons. The lowest BCUT2D eigenvalue weighted by Crippen LogP contribution is -2.28. The summed E-state index contributed by atoms with van der Waals surface area (Å²) in [5.41, 5.74) is 1.18. The van der Waals surface area contributed by atoms with Crippen LogP contribution in [0.2, 0.25) is 0 Å². The summed E-state index contributed by atoms with van der Waals surface area (Å²) < 4.78 is 3.28. The van der Waals surface area contributed by atoms with Gasteiger partial charge in [0.1, 0.15) is 5.82 Å². The van der Waals surface area contributed by atoms with Crippen LogP contribution >= 0.6 is 15.9 Å². The van der Waals surface area contributed by atoms with Crippen molar-refractivity contribution in [3.8, 4) is 0 Å². The molecule has 0 spiro atoms. The summed E-state index contributed by atoms with van der Waals surface area (Å²) in [7, 11) is 0. The van der Waals surface area contributed by atoms with E-state index in [1.807, 2.05) is 0 Å². The van der Waals surface area contributed by atoms with E-state index in [2.05, 4.69) is 53.6 Å². The Labute approximate surface area is 106 Å². The average Bonchev–Trinajstić information content (AvgIpc) is 2.45. The first kappa shape index (κ1) is 12.0. The zero-order valence-corrected chi connectivity index (χ0v) is 12.0. The molecule has 0 amide bonds. The molecule has 4 heteroatoms. The summed E-state index contributed by atoms with van der Waals surface area (Å²) in [4.78, 5) is 0. The Bertz CT molecular complexity index is 384. The maximum atomic E-state index is 4.71. The maximum Gasteiger partial charge on any atom is 0.139 e. The monoisotopic (exact) mass is 285 g/mol. The van der Waals surface area contributed by atoms with Gasteiger partial charge in [-0.1, -0.05) is 13.8 Å². The van der Waals surface area contributed by atoms with Gasteiger partial charge in [0, 0.05) is 6.04 Å². The van der Waals surface area contributed by atoms with E-state index in [4.69, 9.17) is 5.10 Å². The Morgan fingerprint density at radius 3 is 2.81 bits per heavy atom. The molecule has 1 aromatic rings. The third-order valence-electron chi connectivity index (χ3n) is 3.02. The molecular formula is C12H20BrN3. The van der Waals surface area contributed by atoms with E-state index >= 15 is 0 Å². The van der Waals surface area contributed by atoms with Crippen molar-refractivity contribution in [1.29, 1.82) is 0 Å². The maximum absolute atomic E-state index is 4.71. The zero-order valence-electron chi connectivity index (χ0n) is 10.4. The predicted molar refractivity (Wildman–Crippen MR) is 70.9 cm³/mol. The molecule has 0 saturated carbocycles. The van der Waals surface area contributed by atoms with Crippen molar-refractivity contribution >= 4 is 21.7 Å². The van der Waals surface area contributed by atoms with Crippen LogP contribution in [0.5, 0.6) is 0 Å². The van der Waals surface area contributed by atoms with Crippen molar-refractivity contribution in [3.63, 3.8) is 0 Å². The third-order valence-corrected chi connectivity index (χ3v) is 3.85. The first-order valence-corrected chi connectivity index (χ1v) is 6.81. The molecule has 0 aromatic carbocycles. The van der Waals surface area contributed by atoms with Crippen LogP contribution in [-0.4, -0.2) is 15.8 Å². The molecule has 1 aliphatic heterocycles. The number of nitrogens with one attached hydrogen (secondary N) is 1. The number of hydrogen-bond donors (Lipinski definition) is 1. The molecule has 1 aliphatic rings. The summed E-state index contributed by atoms with van der Waals surface area (Å²) >= 11 is 3.67. The van der Waals surface area contributed by atoms with Crippen LogP contribution in [0.25, 0.3) is 0 Å². The Morgan fingerprint density at radius 2 is 2.19 bits per heavy atom. The van der Waals surface area contributed by atoms with Gasteiger partial charge in [-0.3, -0.25) is 0 Å². The second kappa shape index (κ2) is 4.40. The molecule has 0 radical (unpaired) electrons. The Morgan fingerprint density at radius 1 is 1.50 bits per heavy atom. The van der Waals surface area contributed by atoms with E-state index < -0.39 is 0 Å².